The predicted octanol–water partition coefficient (Wildman–Crippen LogP) is 2.70. The number of para-hydroxylation sites is 1. The Hall–Kier alpha value is -2.08. The summed E-state index contributed by atoms with van der Waals surface area (Å²) in [6.45, 7) is 5.60. The van der Waals surface area contributed by atoms with Crippen LogP contribution in [0.3, 0.4) is 0 Å². The fraction of sp³-hybridized carbons (Fsp3) is 0.600. The molecule has 2 aromatic rings. The highest BCUT2D eigenvalue weighted by Gasteiger charge is 2.34. The molecule has 4 rings (SSSR count). The van der Waals surface area contributed by atoms with Crippen molar-refractivity contribution in [3.63, 3.8) is 0 Å². The van der Waals surface area contributed by atoms with Crippen LogP contribution >= 0.6 is 0 Å². The molecule has 140 valence electrons. The van der Waals surface area contributed by atoms with Crippen LogP contribution < -0.4 is 10.4 Å². The lowest BCUT2D eigenvalue weighted by Crippen LogP contribution is -2.37. The lowest BCUT2D eigenvalue weighted by molar-refractivity contribution is 0.174. The maximum absolute atomic E-state index is 12.5. The number of likely N-dealkylation sites (tertiary alicyclic amines) is 1. The molecule has 0 spiro atoms. The van der Waals surface area contributed by atoms with Gasteiger partial charge in [-0.05, 0) is 38.7 Å². The van der Waals surface area contributed by atoms with E-state index in [2.05, 4.69) is 22.1 Å². The number of hydrogen-bond donors (Lipinski definition) is 0. The second-order valence-electron chi connectivity index (χ2n) is 7.46. The summed E-state index contributed by atoms with van der Waals surface area (Å²) in [5, 5.41) is 4.50. The Bertz CT molecular complexity index is 813. The molecule has 26 heavy (non-hydrogen) atoms. The molecular weight excluding hydrogens is 328 g/mol. The lowest BCUT2D eigenvalue weighted by atomic mass is 10.0. The van der Waals surface area contributed by atoms with E-state index in [0.717, 1.165) is 44.0 Å². The van der Waals surface area contributed by atoms with E-state index in [0.29, 0.717) is 12.5 Å². The standard InChI is InChI=1S/C20H28N4O2/c1-3-26-18-7-5-4-6-16(18)14-23-12-10-17(11-13-23)24-19(15-8-9-15)21-22(2)20(24)25/h4-7,15,17H,3,8-14H2,1-2H3. The van der Waals surface area contributed by atoms with E-state index in [-0.39, 0.29) is 11.7 Å². The third-order valence-corrected chi connectivity index (χ3v) is 5.51. The minimum absolute atomic E-state index is 0.0482. The molecule has 0 radical (unpaired) electrons. The van der Waals surface area contributed by atoms with Crippen molar-refractivity contribution < 1.29 is 4.74 Å². The number of hydrogen-bond acceptors (Lipinski definition) is 4. The number of benzene rings is 1. The first kappa shape index (κ1) is 17.3. The van der Waals surface area contributed by atoms with E-state index in [9.17, 15) is 4.79 Å². The zero-order valence-corrected chi connectivity index (χ0v) is 15.7. The summed E-state index contributed by atoms with van der Waals surface area (Å²) in [7, 11) is 1.77. The molecule has 1 aliphatic heterocycles. The first-order valence-corrected chi connectivity index (χ1v) is 9.76. The zero-order valence-electron chi connectivity index (χ0n) is 15.7. The Morgan fingerprint density at radius 2 is 1.88 bits per heavy atom. The van der Waals surface area contributed by atoms with E-state index < -0.39 is 0 Å². The van der Waals surface area contributed by atoms with Gasteiger partial charge in [-0.2, -0.15) is 5.10 Å². The second-order valence-corrected chi connectivity index (χ2v) is 7.46. The fourth-order valence-corrected chi connectivity index (χ4v) is 3.97. The number of nitrogens with zero attached hydrogens (tertiary/aromatic N) is 4. The molecule has 1 saturated heterocycles. The molecule has 1 aliphatic carbocycles. The van der Waals surface area contributed by atoms with E-state index in [1.165, 1.54) is 23.1 Å². The molecule has 6 heteroatoms. The third kappa shape index (κ3) is 3.43. The highest BCUT2D eigenvalue weighted by Crippen LogP contribution is 2.40. The first-order chi connectivity index (χ1) is 12.7. The van der Waals surface area contributed by atoms with Crippen LogP contribution in [0.5, 0.6) is 5.75 Å². The van der Waals surface area contributed by atoms with Crippen molar-refractivity contribution >= 4 is 0 Å². The van der Waals surface area contributed by atoms with Crippen LogP contribution in [0.25, 0.3) is 0 Å². The van der Waals surface area contributed by atoms with E-state index in [1.807, 2.05) is 23.6 Å². The summed E-state index contributed by atoms with van der Waals surface area (Å²) in [5.74, 6) is 2.49. The quantitative estimate of drug-likeness (QED) is 0.799. The monoisotopic (exact) mass is 356 g/mol. The van der Waals surface area contributed by atoms with Gasteiger partial charge in [0.15, 0.2) is 0 Å². The van der Waals surface area contributed by atoms with E-state index in [1.54, 1.807) is 7.05 Å². The highest BCUT2D eigenvalue weighted by atomic mass is 16.5. The Balaban J connectivity index is 1.43. The van der Waals surface area contributed by atoms with Crippen molar-refractivity contribution in [3.8, 4) is 5.75 Å². The van der Waals surface area contributed by atoms with Crippen LogP contribution in [0.4, 0.5) is 0 Å². The maximum atomic E-state index is 12.5. The fourth-order valence-electron chi connectivity index (χ4n) is 3.97. The largest absolute Gasteiger partial charge is 0.494 e. The number of ether oxygens (including phenoxy) is 1. The molecule has 0 N–H and O–H groups in total. The average molecular weight is 356 g/mol. The normalized spacial score (nSPS) is 19.0. The van der Waals surface area contributed by atoms with Gasteiger partial charge < -0.3 is 4.74 Å². The van der Waals surface area contributed by atoms with E-state index >= 15 is 0 Å². The van der Waals surface area contributed by atoms with Gasteiger partial charge in [0.25, 0.3) is 0 Å². The van der Waals surface area contributed by atoms with Crippen LogP contribution in [0.1, 0.15) is 56.0 Å². The molecule has 0 unspecified atom stereocenters. The van der Waals surface area contributed by atoms with Gasteiger partial charge in [0.2, 0.25) is 0 Å². The summed E-state index contributed by atoms with van der Waals surface area (Å²) in [5.41, 5.74) is 1.29. The van der Waals surface area contributed by atoms with Crippen LogP contribution in [0.2, 0.25) is 0 Å². The van der Waals surface area contributed by atoms with Crippen LogP contribution in [-0.4, -0.2) is 38.9 Å². The van der Waals surface area contributed by atoms with Crippen molar-refractivity contribution in [2.75, 3.05) is 19.7 Å². The SMILES string of the molecule is CCOc1ccccc1CN1CCC(n2c(C3CC3)nn(C)c2=O)CC1. The first-order valence-electron chi connectivity index (χ1n) is 9.76. The number of rotatable bonds is 6. The Labute approximate surface area is 154 Å². The maximum Gasteiger partial charge on any atom is 0.345 e. The van der Waals surface area contributed by atoms with Crippen molar-refractivity contribution in [1.82, 2.24) is 19.2 Å². The molecular formula is C20H28N4O2. The van der Waals surface area contributed by atoms with Gasteiger partial charge in [0.1, 0.15) is 11.6 Å². The van der Waals surface area contributed by atoms with Crippen molar-refractivity contribution in [1.29, 1.82) is 0 Å². The number of piperidine rings is 1. The molecule has 0 atom stereocenters. The average Bonchev–Trinajstić information content (AvgIpc) is 3.45. The topological polar surface area (TPSA) is 52.3 Å². The molecule has 1 aromatic carbocycles. The van der Waals surface area contributed by atoms with Gasteiger partial charge >= 0.3 is 5.69 Å². The van der Waals surface area contributed by atoms with Crippen LogP contribution in [-0.2, 0) is 13.6 Å². The van der Waals surface area contributed by atoms with Crippen molar-refractivity contribution in [2.45, 2.75) is 51.1 Å². The Morgan fingerprint density at radius 3 is 2.58 bits per heavy atom. The van der Waals surface area contributed by atoms with Crippen LogP contribution in [0.15, 0.2) is 29.1 Å². The molecule has 6 nitrogen and oxygen atoms in total. The van der Waals surface area contributed by atoms with Gasteiger partial charge in [0.05, 0.1) is 6.61 Å². The molecule has 0 amide bonds. The lowest BCUT2D eigenvalue weighted by Gasteiger charge is -2.33. The number of aromatic nitrogens is 3. The van der Waals surface area contributed by atoms with Gasteiger partial charge in [-0.15, -0.1) is 0 Å². The molecule has 2 heterocycles. The third-order valence-electron chi connectivity index (χ3n) is 5.51. The highest BCUT2D eigenvalue weighted by molar-refractivity contribution is 5.33. The summed E-state index contributed by atoms with van der Waals surface area (Å²) >= 11 is 0. The molecule has 2 fully saturated rings. The Kier molecular flexibility index (Phi) is 4.85. The van der Waals surface area contributed by atoms with Crippen molar-refractivity contribution in [2.24, 2.45) is 7.05 Å². The van der Waals surface area contributed by atoms with Gasteiger partial charge in [0, 0.05) is 44.2 Å². The molecule has 1 saturated carbocycles. The van der Waals surface area contributed by atoms with Gasteiger partial charge in [-0.3, -0.25) is 9.47 Å². The zero-order chi connectivity index (χ0) is 18.1. The van der Waals surface area contributed by atoms with Gasteiger partial charge in [-0.1, -0.05) is 18.2 Å². The summed E-state index contributed by atoms with van der Waals surface area (Å²) < 4.78 is 9.25. The molecule has 1 aromatic heterocycles. The summed E-state index contributed by atoms with van der Waals surface area (Å²) in [4.78, 5) is 15.0. The smallest absolute Gasteiger partial charge is 0.345 e. The molecule has 0 bridgehead atoms. The van der Waals surface area contributed by atoms with Crippen LogP contribution in [0, 0.1) is 0 Å². The Morgan fingerprint density at radius 1 is 1.15 bits per heavy atom. The second kappa shape index (κ2) is 7.27. The van der Waals surface area contributed by atoms with Gasteiger partial charge in [-0.25, -0.2) is 9.48 Å². The minimum atomic E-state index is 0.0482. The number of aryl methyl sites for hydroxylation is 1. The van der Waals surface area contributed by atoms with Crippen molar-refractivity contribution in [3.05, 3.63) is 46.1 Å². The summed E-state index contributed by atoms with van der Waals surface area (Å²) in [6, 6.07) is 8.57. The minimum Gasteiger partial charge on any atom is -0.494 e. The summed E-state index contributed by atoms with van der Waals surface area (Å²) in [6.07, 6.45) is 4.34. The van der Waals surface area contributed by atoms with E-state index in [4.69, 9.17) is 4.74 Å². The molecule has 2 aliphatic rings. The predicted molar refractivity (Wildman–Crippen MR) is 101 cm³/mol.